The van der Waals surface area contributed by atoms with Crippen LogP contribution in [0, 0.1) is 5.92 Å². The van der Waals surface area contributed by atoms with E-state index in [1.807, 2.05) is 0 Å². The van der Waals surface area contributed by atoms with Crippen molar-refractivity contribution < 1.29 is 23.8 Å². The molecule has 1 aromatic carbocycles. The number of carbonyl (C=O) groups is 2. The first-order chi connectivity index (χ1) is 11.5. The van der Waals surface area contributed by atoms with Crippen LogP contribution in [0.25, 0.3) is 0 Å². The Kier molecular flexibility index (Phi) is 6.46. The average Bonchev–Trinajstić information content (AvgIpc) is 2.62. The molecule has 1 aromatic rings. The van der Waals surface area contributed by atoms with Gasteiger partial charge in [0.1, 0.15) is 11.5 Å². The number of piperidine rings is 1. The van der Waals surface area contributed by atoms with E-state index in [0.717, 1.165) is 5.75 Å². The van der Waals surface area contributed by atoms with E-state index in [1.54, 1.807) is 50.1 Å². The van der Waals surface area contributed by atoms with Crippen LogP contribution in [0.15, 0.2) is 24.3 Å². The van der Waals surface area contributed by atoms with Crippen molar-refractivity contribution in [2.45, 2.75) is 32.8 Å². The van der Waals surface area contributed by atoms with Gasteiger partial charge in [-0.1, -0.05) is 0 Å². The predicted molar refractivity (Wildman–Crippen MR) is 89.0 cm³/mol. The zero-order valence-corrected chi connectivity index (χ0v) is 14.5. The lowest BCUT2D eigenvalue weighted by molar-refractivity contribution is -0.152. The fourth-order valence-electron chi connectivity index (χ4n) is 2.76. The summed E-state index contributed by atoms with van der Waals surface area (Å²) in [5, 5.41) is 0. The molecule has 0 spiro atoms. The summed E-state index contributed by atoms with van der Waals surface area (Å²) in [4.78, 5) is 26.0. The van der Waals surface area contributed by atoms with Crippen molar-refractivity contribution in [3.05, 3.63) is 24.3 Å². The monoisotopic (exact) mass is 335 g/mol. The molecule has 1 atom stereocenters. The molecule has 24 heavy (non-hydrogen) atoms. The second-order valence-corrected chi connectivity index (χ2v) is 5.79. The minimum absolute atomic E-state index is 0.0619. The largest absolute Gasteiger partial charge is 0.497 e. The lowest BCUT2D eigenvalue weighted by atomic mass is 9.97. The first-order valence-electron chi connectivity index (χ1n) is 8.31. The lowest BCUT2D eigenvalue weighted by Crippen LogP contribution is -2.45. The Hall–Kier alpha value is -2.24. The number of rotatable bonds is 6. The van der Waals surface area contributed by atoms with Gasteiger partial charge in [-0.3, -0.25) is 9.59 Å². The average molecular weight is 335 g/mol. The van der Waals surface area contributed by atoms with Gasteiger partial charge in [0.2, 0.25) is 0 Å². The number of esters is 1. The molecule has 0 N–H and O–H groups in total. The fourth-order valence-corrected chi connectivity index (χ4v) is 2.76. The molecule has 1 heterocycles. The second kappa shape index (κ2) is 8.57. The third-order valence-corrected chi connectivity index (χ3v) is 4.15. The van der Waals surface area contributed by atoms with Gasteiger partial charge < -0.3 is 19.1 Å². The third kappa shape index (κ3) is 4.63. The van der Waals surface area contributed by atoms with Gasteiger partial charge in [-0.05, 0) is 51.0 Å². The Balaban J connectivity index is 1.84. The molecule has 6 nitrogen and oxygen atoms in total. The van der Waals surface area contributed by atoms with Gasteiger partial charge in [-0.15, -0.1) is 0 Å². The Morgan fingerprint density at radius 1 is 1.17 bits per heavy atom. The molecule has 1 aliphatic heterocycles. The highest BCUT2D eigenvalue weighted by atomic mass is 16.5. The predicted octanol–water partition coefficient (Wildman–Crippen LogP) is 2.26. The van der Waals surface area contributed by atoms with E-state index >= 15 is 0 Å². The van der Waals surface area contributed by atoms with Crippen LogP contribution < -0.4 is 9.47 Å². The summed E-state index contributed by atoms with van der Waals surface area (Å²) >= 11 is 0. The smallest absolute Gasteiger partial charge is 0.309 e. The SMILES string of the molecule is CCOC(=O)C1CCN(C(=O)C(C)Oc2ccc(OC)cc2)CC1. The number of methoxy groups -OCH3 is 1. The second-order valence-electron chi connectivity index (χ2n) is 5.79. The molecule has 0 aromatic heterocycles. The summed E-state index contributed by atoms with van der Waals surface area (Å²) in [6, 6.07) is 7.12. The van der Waals surface area contributed by atoms with Gasteiger partial charge in [0.15, 0.2) is 6.10 Å². The van der Waals surface area contributed by atoms with Crippen molar-refractivity contribution in [1.29, 1.82) is 0 Å². The van der Waals surface area contributed by atoms with Crippen LogP contribution in [0.2, 0.25) is 0 Å². The Morgan fingerprint density at radius 2 is 1.75 bits per heavy atom. The standard InChI is InChI=1S/C18H25NO5/c1-4-23-18(21)14-9-11-19(12-10-14)17(20)13(2)24-16-7-5-15(22-3)6-8-16/h5-8,13-14H,4,9-12H2,1-3H3. The highest BCUT2D eigenvalue weighted by molar-refractivity contribution is 5.81. The summed E-state index contributed by atoms with van der Waals surface area (Å²) in [7, 11) is 1.60. The molecule has 1 unspecified atom stereocenters. The molecule has 1 fully saturated rings. The number of carbonyl (C=O) groups excluding carboxylic acids is 2. The molecule has 0 bridgehead atoms. The van der Waals surface area contributed by atoms with Crippen molar-refractivity contribution >= 4 is 11.9 Å². The minimum Gasteiger partial charge on any atom is -0.497 e. The van der Waals surface area contributed by atoms with Crippen LogP contribution in [0.1, 0.15) is 26.7 Å². The van der Waals surface area contributed by atoms with Gasteiger partial charge >= 0.3 is 5.97 Å². The number of hydrogen-bond donors (Lipinski definition) is 0. The van der Waals surface area contributed by atoms with E-state index < -0.39 is 6.10 Å². The molecule has 0 saturated carbocycles. The van der Waals surface area contributed by atoms with Gasteiger partial charge in [-0.25, -0.2) is 0 Å². The lowest BCUT2D eigenvalue weighted by Gasteiger charge is -2.32. The van der Waals surface area contributed by atoms with Crippen LogP contribution >= 0.6 is 0 Å². The van der Waals surface area contributed by atoms with E-state index in [4.69, 9.17) is 14.2 Å². The van der Waals surface area contributed by atoms with Crippen molar-refractivity contribution in [1.82, 2.24) is 4.90 Å². The highest BCUT2D eigenvalue weighted by Crippen LogP contribution is 2.21. The molecular formula is C18H25NO5. The zero-order chi connectivity index (χ0) is 17.5. The molecular weight excluding hydrogens is 310 g/mol. The molecule has 6 heteroatoms. The first-order valence-corrected chi connectivity index (χ1v) is 8.31. The topological polar surface area (TPSA) is 65.1 Å². The molecule has 1 amide bonds. The zero-order valence-electron chi connectivity index (χ0n) is 14.5. The normalized spacial score (nSPS) is 16.4. The summed E-state index contributed by atoms with van der Waals surface area (Å²) in [6.45, 7) is 5.04. The maximum Gasteiger partial charge on any atom is 0.309 e. The van der Waals surface area contributed by atoms with Gasteiger partial charge in [0.05, 0.1) is 19.6 Å². The Bertz CT molecular complexity index is 549. The van der Waals surface area contributed by atoms with Crippen molar-refractivity contribution in [2.75, 3.05) is 26.8 Å². The summed E-state index contributed by atoms with van der Waals surface area (Å²) in [6.07, 6.45) is 0.706. The molecule has 0 radical (unpaired) electrons. The molecule has 2 rings (SSSR count). The first kappa shape index (κ1) is 18.1. The molecule has 1 aliphatic rings. The Labute approximate surface area is 142 Å². The van der Waals surface area contributed by atoms with E-state index in [-0.39, 0.29) is 17.8 Å². The van der Waals surface area contributed by atoms with Crippen LogP contribution in [0.4, 0.5) is 0 Å². The number of hydrogen-bond acceptors (Lipinski definition) is 5. The van der Waals surface area contributed by atoms with E-state index in [2.05, 4.69) is 0 Å². The molecule has 132 valence electrons. The van der Waals surface area contributed by atoms with Crippen molar-refractivity contribution in [2.24, 2.45) is 5.92 Å². The minimum atomic E-state index is -0.572. The van der Waals surface area contributed by atoms with Crippen LogP contribution in [-0.4, -0.2) is 49.7 Å². The maximum atomic E-state index is 12.5. The van der Waals surface area contributed by atoms with Crippen LogP contribution in [0.5, 0.6) is 11.5 Å². The van der Waals surface area contributed by atoms with Gasteiger partial charge in [0.25, 0.3) is 5.91 Å². The Morgan fingerprint density at radius 3 is 2.29 bits per heavy atom. The van der Waals surface area contributed by atoms with E-state index in [0.29, 0.717) is 38.3 Å². The number of benzene rings is 1. The quantitative estimate of drug-likeness (QED) is 0.746. The van der Waals surface area contributed by atoms with Crippen molar-refractivity contribution in [3.63, 3.8) is 0 Å². The number of ether oxygens (including phenoxy) is 3. The fraction of sp³-hybridized carbons (Fsp3) is 0.556. The maximum absolute atomic E-state index is 12.5. The number of amides is 1. The van der Waals surface area contributed by atoms with E-state index in [1.165, 1.54) is 0 Å². The highest BCUT2D eigenvalue weighted by Gasteiger charge is 2.30. The summed E-state index contributed by atoms with van der Waals surface area (Å²) in [5.74, 6) is 1.03. The number of likely N-dealkylation sites (tertiary alicyclic amines) is 1. The van der Waals surface area contributed by atoms with Crippen molar-refractivity contribution in [3.8, 4) is 11.5 Å². The van der Waals surface area contributed by atoms with Gasteiger partial charge in [-0.2, -0.15) is 0 Å². The molecule has 0 aliphatic carbocycles. The third-order valence-electron chi connectivity index (χ3n) is 4.15. The van der Waals surface area contributed by atoms with Crippen LogP contribution in [0.3, 0.4) is 0 Å². The summed E-state index contributed by atoms with van der Waals surface area (Å²) in [5.41, 5.74) is 0. The molecule has 1 saturated heterocycles. The van der Waals surface area contributed by atoms with Gasteiger partial charge in [0, 0.05) is 13.1 Å². The summed E-state index contributed by atoms with van der Waals surface area (Å²) < 4.78 is 15.8. The van der Waals surface area contributed by atoms with Crippen LogP contribution in [-0.2, 0) is 14.3 Å². The van der Waals surface area contributed by atoms with E-state index in [9.17, 15) is 9.59 Å². The number of nitrogens with zero attached hydrogens (tertiary/aromatic N) is 1.